The van der Waals surface area contributed by atoms with Crippen LogP contribution in [0.15, 0.2) is 67.0 Å². The molecule has 2 aromatic carbocycles. The number of ether oxygens (including phenoxy) is 2. The number of rotatable bonds is 7. The van der Waals surface area contributed by atoms with Crippen molar-refractivity contribution in [3.05, 3.63) is 67.0 Å². The Kier molecular flexibility index (Phi) is 6.62. The Morgan fingerprint density at radius 2 is 1.84 bits per heavy atom. The smallest absolute Gasteiger partial charge is 0.263 e. The average Bonchev–Trinajstić information content (AvgIpc) is 2.82. The highest BCUT2D eigenvalue weighted by atomic mass is 16.5. The molecule has 1 aliphatic rings. The van der Waals surface area contributed by atoms with Gasteiger partial charge in [-0.05, 0) is 56.2 Å². The second-order valence-corrected chi connectivity index (χ2v) is 7.33. The van der Waals surface area contributed by atoms with E-state index in [-0.39, 0.29) is 11.8 Å². The molecule has 160 valence electrons. The number of aromatic nitrogens is 2. The Morgan fingerprint density at radius 3 is 2.61 bits per heavy atom. The van der Waals surface area contributed by atoms with Crippen molar-refractivity contribution in [1.29, 1.82) is 0 Å². The molecule has 3 aromatic rings. The predicted octanol–water partition coefficient (Wildman–Crippen LogP) is 4.52. The zero-order chi connectivity index (χ0) is 21.5. The highest BCUT2D eigenvalue weighted by molar-refractivity contribution is 5.93. The van der Waals surface area contributed by atoms with E-state index >= 15 is 0 Å². The van der Waals surface area contributed by atoms with Crippen molar-refractivity contribution in [3.63, 3.8) is 0 Å². The minimum Gasteiger partial charge on any atom is -0.494 e. The molecule has 1 unspecified atom stereocenters. The van der Waals surface area contributed by atoms with Crippen molar-refractivity contribution < 1.29 is 14.3 Å². The molecule has 0 spiro atoms. The second-order valence-electron chi connectivity index (χ2n) is 7.33. The number of benzene rings is 2. The molecule has 2 heterocycles. The van der Waals surface area contributed by atoms with E-state index in [1.165, 1.54) is 0 Å². The predicted molar refractivity (Wildman–Crippen MR) is 120 cm³/mol. The molecule has 0 aliphatic carbocycles. The molecule has 1 aromatic heterocycles. The second kappa shape index (κ2) is 9.93. The molecule has 0 bridgehead atoms. The van der Waals surface area contributed by atoms with Crippen molar-refractivity contribution in [2.75, 3.05) is 29.9 Å². The number of piperidine rings is 1. The van der Waals surface area contributed by atoms with Crippen molar-refractivity contribution in [3.8, 4) is 17.4 Å². The van der Waals surface area contributed by atoms with Gasteiger partial charge in [0, 0.05) is 31.2 Å². The van der Waals surface area contributed by atoms with Gasteiger partial charge >= 0.3 is 0 Å². The summed E-state index contributed by atoms with van der Waals surface area (Å²) in [5, 5.41) is 3.02. The van der Waals surface area contributed by atoms with Crippen LogP contribution in [-0.2, 0) is 4.79 Å². The first kappa shape index (κ1) is 20.7. The van der Waals surface area contributed by atoms with E-state index in [0.29, 0.717) is 30.6 Å². The number of nitrogens with one attached hydrogen (secondary N) is 1. The van der Waals surface area contributed by atoms with Crippen molar-refractivity contribution in [1.82, 2.24) is 9.97 Å². The van der Waals surface area contributed by atoms with E-state index < -0.39 is 0 Å². The Hall–Kier alpha value is -3.61. The number of carbonyl (C=O) groups is 1. The molecule has 4 rings (SSSR count). The van der Waals surface area contributed by atoms with Gasteiger partial charge in [-0.1, -0.05) is 18.2 Å². The molecule has 1 N–H and O–H groups in total. The normalized spacial score (nSPS) is 15.9. The van der Waals surface area contributed by atoms with Crippen LogP contribution in [0.2, 0.25) is 0 Å². The monoisotopic (exact) mass is 418 g/mol. The first-order valence-corrected chi connectivity index (χ1v) is 10.6. The van der Waals surface area contributed by atoms with E-state index in [1.807, 2.05) is 61.5 Å². The first-order chi connectivity index (χ1) is 15.2. The maximum Gasteiger partial charge on any atom is 0.263 e. The molecule has 1 amide bonds. The lowest BCUT2D eigenvalue weighted by molar-refractivity contribution is -0.120. The van der Waals surface area contributed by atoms with Gasteiger partial charge in [-0.15, -0.1) is 0 Å². The standard InChI is InChI=1S/C24H26N4O3/c1-2-30-20-12-10-19(11-13-20)27-23(29)18-7-6-16-28(17-18)22-24(26-15-14-25-22)31-21-8-4-3-5-9-21/h3-5,8-15,18H,2,6-7,16-17H2,1H3,(H,27,29). The summed E-state index contributed by atoms with van der Waals surface area (Å²) in [5.41, 5.74) is 0.762. The zero-order valence-corrected chi connectivity index (χ0v) is 17.5. The van der Waals surface area contributed by atoms with Gasteiger partial charge in [0.25, 0.3) is 5.88 Å². The summed E-state index contributed by atoms with van der Waals surface area (Å²) in [6.45, 7) is 3.92. The molecule has 7 nitrogen and oxygen atoms in total. The minimum absolute atomic E-state index is 0.00304. The third-order valence-electron chi connectivity index (χ3n) is 5.13. The number of hydrogen-bond donors (Lipinski definition) is 1. The fourth-order valence-electron chi connectivity index (χ4n) is 3.64. The summed E-state index contributed by atoms with van der Waals surface area (Å²) < 4.78 is 11.4. The fraction of sp³-hybridized carbons (Fsp3) is 0.292. The SMILES string of the molecule is CCOc1ccc(NC(=O)C2CCCN(c3nccnc3Oc3ccccc3)C2)cc1. The van der Waals surface area contributed by atoms with Gasteiger partial charge in [-0.25, -0.2) is 9.97 Å². The molecule has 0 saturated carbocycles. The Bertz CT molecular complexity index is 995. The van der Waals surface area contributed by atoms with Crippen LogP contribution in [0.1, 0.15) is 19.8 Å². The quantitative estimate of drug-likeness (QED) is 0.608. The molecular weight excluding hydrogens is 392 g/mol. The van der Waals surface area contributed by atoms with E-state index in [4.69, 9.17) is 9.47 Å². The highest BCUT2D eigenvalue weighted by Crippen LogP contribution is 2.31. The number of nitrogens with zero attached hydrogens (tertiary/aromatic N) is 3. The summed E-state index contributed by atoms with van der Waals surface area (Å²) in [5.74, 6) is 2.45. The van der Waals surface area contributed by atoms with Gasteiger partial charge in [0.15, 0.2) is 5.82 Å². The summed E-state index contributed by atoms with van der Waals surface area (Å²) in [4.78, 5) is 23.8. The fourth-order valence-corrected chi connectivity index (χ4v) is 3.64. The van der Waals surface area contributed by atoms with Gasteiger partial charge in [-0.3, -0.25) is 4.79 Å². The first-order valence-electron chi connectivity index (χ1n) is 10.6. The van der Waals surface area contributed by atoms with Gasteiger partial charge < -0.3 is 19.7 Å². The lowest BCUT2D eigenvalue weighted by atomic mass is 9.97. The van der Waals surface area contributed by atoms with E-state index in [0.717, 1.165) is 30.8 Å². The molecular formula is C24H26N4O3. The van der Waals surface area contributed by atoms with Crippen molar-refractivity contribution in [2.45, 2.75) is 19.8 Å². The summed E-state index contributed by atoms with van der Waals surface area (Å²) in [7, 11) is 0. The molecule has 1 aliphatic heterocycles. The summed E-state index contributed by atoms with van der Waals surface area (Å²) >= 11 is 0. The summed E-state index contributed by atoms with van der Waals surface area (Å²) in [6.07, 6.45) is 4.98. The van der Waals surface area contributed by atoms with Crippen LogP contribution in [0, 0.1) is 5.92 Å². The van der Waals surface area contributed by atoms with Crippen molar-refractivity contribution >= 4 is 17.4 Å². The van der Waals surface area contributed by atoms with Gasteiger partial charge in [0.2, 0.25) is 5.91 Å². The summed E-state index contributed by atoms with van der Waals surface area (Å²) in [6, 6.07) is 16.9. The molecule has 7 heteroatoms. The number of carbonyl (C=O) groups excluding carboxylic acids is 1. The molecule has 1 saturated heterocycles. The van der Waals surface area contributed by atoms with Crippen LogP contribution in [-0.4, -0.2) is 35.6 Å². The molecule has 1 fully saturated rings. The van der Waals surface area contributed by atoms with Crippen molar-refractivity contribution in [2.24, 2.45) is 5.92 Å². The Labute approximate surface area is 182 Å². The molecule has 31 heavy (non-hydrogen) atoms. The number of para-hydroxylation sites is 1. The van der Waals surface area contributed by atoms with Gasteiger partial charge in [0.1, 0.15) is 11.5 Å². The van der Waals surface area contributed by atoms with Crippen LogP contribution in [0.3, 0.4) is 0 Å². The zero-order valence-electron chi connectivity index (χ0n) is 17.5. The number of amides is 1. The Morgan fingerprint density at radius 1 is 1.06 bits per heavy atom. The largest absolute Gasteiger partial charge is 0.494 e. The molecule has 0 radical (unpaired) electrons. The molecule has 1 atom stereocenters. The topological polar surface area (TPSA) is 76.6 Å². The number of anilines is 2. The van der Waals surface area contributed by atoms with E-state index in [2.05, 4.69) is 20.2 Å². The Balaban J connectivity index is 1.43. The van der Waals surface area contributed by atoms with Crippen LogP contribution < -0.4 is 19.7 Å². The van der Waals surface area contributed by atoms with Gasteiger partial charge in [-0.2, -0.15) is 0 Å². The number of hydrogen-bond acceptors (Lipinski definition) is 6. The average molecular weight is 418 g/mol. The maximum absolute atomic E-state index is 12.9. The lowest BCUT2D eigenvalue weighted by Gasteiger charge is -2.33. The maximum atomic E-state index is 12.9. The van der Waals surface area contributed by atoms with Crippen LogP contribution in [0.4, 0.5) is 11.5 Å². The highest BCUT2D eigenvalue weighted by Gasteiger charge is 2.28. The van der Waals surface area contributed by atoms with Crippen LogP contribution in [0.25, 0.3) is 0 Å². The van der Waals surface area contributed by atoms with E-state index in [1.54, 1.807) is 12.4 Å². The lowest BCUT2D eigenvalue weighted by Crippen LogP contribution is -2.41. The minimum atomic E-state index is -0.146. The van der Waals surface area contributed by atoms with Crippen LogP contribution >= 0.6 is 0 Å². The van der Waals surface area contributed by atoms with Crippen LogP contribution in [0.5, 0.6) is 17.4 Å². The third kappa shape index (κ3) is 5.31. The van der Waals surface area contributed by atoms with E-state index in [9.17, 15) is 4.79 Å². The van der Waals surface area contributed by atoms with Gasteiger partial charge in [0.05, 0.1) is 12.5 Å². The third-order valence-corrected chi connectivity index (χ3v) is 5.13.